The summed E-state index contributed by atoms with van der Waals surface area (Å²) < 4.78 is 0. The second kappa shape index (κ2) is 6.40. The number of carboxylic acid groups (broad SMARTS) is 2. The molecule has 3 unspecified atom stereocenters. The van der Waals surface area contributed by atoms with Crippen LogP contribution in [0.3, 0.4) is 0 Å². The molecule has 0 aliphatic heterocycles. The second-order valence-corrected chi connectivity index (χ2v) is 5.13. The summed E-state index contributed by atoms with van der Waals surface area (Å²) in [6.45, 7) is 2.70. The van der Waals surface area contributed by atoms with Gasteiger partial charge in [0.05, 0.1) is 0 Å². The van der Waals surface area contributed by atoms with Gasteiger partial charge in [0.2, 0.25) is 0 Å². The van der Waals surface area contributed by atoms with Gasteiger partial charge >= 0.3 is 18.0 Å². The van der Waals surface area contributed by atoms with E-state index in [4.69, 9.17) is 10.2 Å². The van der Waals surface area contributed by atoms with Crippen molar-refractivity contribution in [3.05, 3.63) is 0 Å². The van der Waals surface area contributed by atoms with E-state index in [0.29, 0.717) is 18.4 Å². The summed E-state index contributed by atoms with van der Waals surface area (Å²) in [6, 6.07) is -1.64. The zero-order valence-corrected chi connectivity index (χ0v) is 11.1. The van der Waals surface area contributed by atoms with Gasteiger partial charge in [0.1, 0.15) is 6.04 Å². The highest BCUT2D eigenvalue weighted by molar-refractivity contribution is 5.83. The van der Waals surface area contributed by atoms with Gasteiger partial charge in [0.15, 0.2) is 0 Å². The van der Waals surface area contributed by atoms with Gasteiger partial charge in [-0.25, -0.2) is 9.59 Å². The topological polar surface area (TPSA) is 107 Å². The van der Waals surface area contributed by atoms with Crippen LogP contribution in [0.25, 0.3) is 0 Å². The molecule has 7 nitrogen and oxygen atoms in total. The maximum Gasteiger partial charge on any atom is 0.326 e. The molecule has 1 aliphatic rings. The van der Waals surface area contributed by atoms with Crippen LogP contribution >= 0.6 is 0 Å². The van der Waals surface area contributed by atoms with E-state index in [9.17, 15) is 14.4 Å². The molecule has 108 valence electrons. The third-order valence-corrected chi connectivity index (χ3v) is 3.37. The Morgan fingerprint density at radius 1 is 1.37 bits per heavy atom. The number of carbonyl (C=O) groups is 3. The van der Waals surface area contributed by atoms with Gasteiger partial charge in [-0.2, -0.15) is 0 Å². The highest BCUT2D eigenvalue weighted by atomic mass is 16.4. The number of amides is 2. The third kappa shape index (κ3) is 5.15. The van der Waals surface area contributed by atoms with Crippen LogP contribution in [0.4, 0.5) is 4.79 Å². The van der Waals surface area contributed by atoms with Crippen LogP contribution in [-0.2, 0) is 9.59 Å². The van der Waals surface area contributed by atoms with Crippen LogP contribution in [-0.4, -0.2) is 52.7 Å². The summed E-state index contributed by atoms with van der Waals surface area (Å²) >= 11 is 0. The fourth-order valence-corrected chi connectivity index (χ4v) is 1.87. The number of nitrogens with zero attached hydrogens (tertiary/aromatic N) is 1. The van der Waals surface area contributed by atoms with Crippen molar-refractivity contribution >= 4 is 18.0 Å². The largest absolute Gasteiger partial charge is 0.481 e. The fraction of sp³-hybridized carbons (Fsp3) is 0.750. The lowest BCUT2D eigenvalue weighted by Crippen LogP contribution is -2.47. The van der Waals surface area contributed by atoms with Crippen LogP contribution in [0.2, 0.25) is 0 Å². The summed E-state index contributed by atoms with van der Waals surface area (Å²) in [6.07, 6.45) is 0.670. The lowest BCUT2D eigenvalue weighted by molar-refractivity contribution is -0.140. The number of hydrogen-bond acceptors (Lipinski definition) is 3. The average Bonchev–Trinajstić information content (AvgIpc) is 2.98. The summed E-state index contributed by atoms with van der Waals surface area (Å²) in [4.78, 5) is 34.6. The minimum Gasteiger partial charge on any atom is -0.481 e. The van der Waals surface area contributed by atoms with Gasteiger partial charge in [-0.1, -0.05) is 6.92 Å². The van der Waals surface area contributed by atoms with Crippen molar-refractivity contribution in [2.45, 2.75) is 32.2 Å². The number of urea groups is 1. The number of carbonyl (C=O) groups excluding carboxylic acids is 1. The molecule has 1 saturated carbocycles. The number of carboxylic acids is 2. The molecule has 7 heteroatoms. The van der Waals surface area contributed by atoms with Gasteiger partial charge in [0.25, 0.3) is 0 Å². The molecular weight excluding hydrogens is 252 g/mol. The highest BCUT2D eigenvalue weighted by Gasteiger charge is 2.34. The zero-order valence-electron chi connectivity index (χ0n) is 11.1. The van der Waals surface area contributed by atoms with Crippen molar-refractivity contribution in [1.29, 1.82) is 0 Å². The van der Waals surface area contributed by atoms with E-state index in [-0.39, 0.29) is 12.8 Å². The van der Waals surface area contributed by atoms with E-state index in [2.05, 4.69) is 12.2 Å². The fourth-order valence-electron chi connectivity index (χ4n) is 1.87. The molecule has 19 heavy (non-hydrogen) atoms. The summed E-state index contributed by atoms with van der Waals surface area (Å²) in [5.41, 5.74) is 0. The Labute approximate surface area is 111 Å². The van der Waals surface area contributed by atoms with Gasteiger partial charge in [-0.3, -0.25) is 4.79 Å². The second-order valence-electron chi connectivity index (χ2n) is 5.13. The molecule has 1 aliphatic carbocycles. The SMILES string of the molecule is CC1CC1CN(C)C(=O)NC(CCC(=O)O)C(=O)O. The van der Waals surface area contributed by atoms with Crippen LogP contribution < -0.4 is 5.32 Å². The number of hydrogen-bond donors (Lipinski definition) is 3. The molecule has 1 fully saturated rings. The first kappa shape index (κ1) is 15.3. The normalized spacial score (nSPS) is 22.4. The smallest absolute Gasteiger partial charge is 0.326 e. The lowest BCUT2D eigenvalue weighted by Gasteiger charge is -2.21. The molecule has 0 saturated heterocycles. The number of rotatable bonds is 7. The molecule has 0 bridgehead atoms. The van der Waals surface area contributed by atoms with E-state index in [0.717, 1.165) is 6.42 Å². The highest BCUT2D eigenvalue weighted by Crippen LogP contribution is 2.37. The first-order chi connectivity index (χ1) is 8.81. The van der Waals surface area contributed by atoms with Crippen LogP contribution in [0.15, 0.2) is 0 Å². The van der Waals surface area contributed by atoms with E-state index in [1.165, 1.54) is 4.90 Å². The Hall–Kier alpha value is -1.79. The molecule has 0 aromatic carbocycles. The average molecular weight is 272 g/mol. The maximum atomic E-state index is 11.8. The molecule has 0 aromatic rings. The maximum absolute atomic E-state index is 11.8. The molecule has 3 atom stereocenters. The quantitative estimate of drug-likeness (QED) is 0.629. The van der Waals surface area contributed by atoms with E-state index >= 15 is 0 Å². The third-order valence-electron chi connectivity index (χ3n) is 3.37. The van der Waals surface area contributed by atoms with E-state index < -0.39 is 24.0 Å². The minimum absolute atomic E-state index is 0.121. The summed E-state index contributed by atoms with van der Waals surface area (Å²) in [5, 5.41) is 19.8. The first-order valence-electron chi connectivity index (χ1n) is 6.27. The standard InChI is InChI=1S/C12H20N2O5/c1-7-5-8(7)6-14(2)12(19)13-9(11(17)18)3-4-10(15)16/h7-9H,3-6H2,1-2H3,(H,13,19)(H,15,16)(H,17,18). The monoisotopic (exact) mass is 272 g/mol. The Kier molecular flexibility index (Phi) is 5.14. The van der Waals surface area contributed by atoms with Gasteiger partial charge in [-0.05, 0) is 24.7 Å². The van der Waals surface area contributed by atoms with Crippen molar-refractivity contribution in [3.63, 3.8) is 0 Å². The van der Waals surface area contributed by atoms with E-state index in [1.54, 1.807) is 7.05 Å². The Balaban J connectivity index is 2.41. The molecule has 1 rings (SSSR count). The molecule has 3 N–H and O–H groups in total. The first-order valence-corrected chi connectivity index (χ1v) is 6.27. The van der Waals surface area contributed by atoms with E-state index in [1.807, 2.05) is 0 Å². The molecule has 0 spiro atoms. The Bertz CT molecular complexity index is 371. The van der Waals surface area contributed by atoms with Crippen molar-refractivity contribution < 1.29 is 24.6 Å². The van der Waals surface area contributed by atoms with Gasteiger partial charge in [-0.15, -0.1) is 0 Å². The van der Waals surface area contributed by atoms with Crippen LogP contribution in [0.1, 0.15) is 26.2 Å². The Morgan fingerprint density at radius 3 is 2.37 bits per heavy atom. The molecule has 0 aromatic heterocycles. The Morgan fingerprint density at radius 2 is 1.95 bits per heavy atom. The summed E-state index contributed by atoms with van der Waals surface area (Å²) in [7, 11) is 1.61. The van der Waals surface area contributed by atoms with Gasteiger partial charge in [0, 0.05) is 20.0 Å². The zero-order chi connectivity index (χ0) is 14.6. The van der Waals surface area contributed by atoms with Crippen molar-refractivity contribution in [2.24, 2.45) is 11.8 Å². The molecule has 0 radical (unpaired) electrons. The number of aliphatic carboxylic acids is 2. The lowest BCUT2D eigenvalue weighted by atomic mass is 10.1. The van der Waals surface area contributed by atoms with Crippen LogP contribution in [0.5, 0.6) is 0 Å². The number of nitrogens with one attached hydrogen (secondary N) is 1. The predicted octanol–water partition coefficient (Wildman–Crippen LogP) is 0.602. The van der Waals surface area contributed by atoms with Gasteiger partial charge < -0.3 is 20.4 Å². The van der Waals surface area contributed by atoms with Crippen LogP contribution in [0, 0.1) is 11.8 Å². The van der Waals surface area contributed by atoms with Crippen molar-refractivity contribution in [2.75, 3.05) is 13.6 Å². The molecule has 0 heterocycles. The van der Waals surface area contributed by atoms with Crippen molar-refractivity contribution in [3.8, 4) is 0 Å². The predicted molar refractivity (Wildman–Crippen MR) is 66.7 cm³/mol. The minimum atomic E-state index is -1.22. The van der Waals surface area contributed by atoms with Crippen molar-refractivity contribution in [1.82, 2.24) is 10.2 Å². The molecular formula is C12H20N2O5. The molecule has 2 amide bonds. The summed E-state index contributed by atoms with van der Waals surface area (Å²) in [5.74, 6) is -1.21.